The molecule has 4 rings (SSSR count). The molecule has 0 bridgehead atoms. The molecule has 2 heterocycles. The number of nitrogens with zero attached hydrogens (tertiary/aromatic N) is 2. The minimum atomic E-state index is -3.65. The Bertz CT molecular complexity index is 1160. The second-order valence-electron chi connectivity index (χ2n) is 7.23. The summed E-state index contributed by atoms with van der Waals surface area (Å²) in [7, 11) is -3.65. The molecule has 168 valence electrons. The Morgan fingerprint density at radius 3 is 2.56 bits per heavy atom. The van der Waals surface area contributed by atoms with Crippen LogP contribution in [0.15, 0.2) is 65.7 Å². The number of morpholine rings is 1. The van der Waals surface area contributed by atoms with Crippen LogP contribution >= 0.6 is 11.3 Å². The van der Waals surface area contributed by atoms with Gasteiger partial charge in [-0.3, -0.25) is 5.32 Å². The highest BCUT2D eigenvalue weighted by molar-refractivity contribution is 7.89. The number of thiazole rings is 1. The quantitative estimate of drug-likeness (QED) is 0.550. The molecule has 8 nitrogen and oxygen atoms in total. The highest BCUT2D eigenvalue weighted by atomic mass is 32.2. The van der Waals surface area contributed by atoms with Crippen molar-refractivity contribution in [3.63, 3.8) is 0 Å². The van der Waals surface area contributed by atoms with Crippen LogP contribution in [0.1, 0.15) is 16.0 Å². The van der Waals surface area contributed by atoms with Crippen molar-refractivity contribution in [2.24, 2.45) is 0 Å². The third-order valence-electron chi connectivity index (χ3n) is 5.00. The molecule has 2 amide bonds. The number of hydrogen-bond donors (Lipinski definition) is 2. The van der Waals surface area contributed by atoms with E-state index in [4.69, 9.17) is 4.74 Å². The van der Waals surface area contributed by atoms with Crippen molar-refractivity contribution in [1.82, 2.24) is 14.6 Å². The van der Waals surface area contributed by atoms with E-state index < -0.39 is 16.1 Å². The molecule has 1 fully saturated rings. The van der Waals surface area contributed by atoms with Crippen molar-refractivity contribution < 1.29 is 17.9 Å². The average Bonchev–Trinajstić information content (AvgIpc) is 3.25. The van der Waals surface area contributed by atoms with E-state index in [1.54, 1.807) is 30.5 Å². The molecule has 32 heavy (non-hydrogen) atoms. The van der Waals surface area contributed by atoms with Crippen LogP contribution in [0.2, 0.25) is 0 Å². The number of rotatable bonds is 7. The topological polar surface area (TPSA) is 101 Å². The standard InChI is InChI=1S/C22H24N4O4S2/c27-21(25-22-24-16-19(31-22)14-17-6-2-1-3-7-17)23-15-18-8-4-5-9-20(18)32(28,29)26-10-12-30-13-11-26/h1-9,16H,10-15H2,(H2,23,24,25,27). The van der Waals surface area contributed by atoms with E-state index in [-0.39, 0.29) is 11.4 Å². The number of carbonyl (C=O) groups excluding carboxylic acids is 1. The van der Waals surface area contributed by atoms with Gasteiger partial charge in [-0.2, -0.15) is 4.31 Å². The van der Waals surface area contributed by atoms with Crippen molar-refractivity contribution in [2.45, 2.75) is 17.9 Å². The van der Waals surface area contributed by atoms with Crippen LogP contribution in [0.5, 0.6) is 0 Å². The smallest absolute Gasteiger partial charge is 0.321 e. The van der Waals surface area contributed by atoms with Gasteiger partial charge in [-0.05, 0) is 17.2 Å². The molecule has 10 heteroatoms. The number of aromatic nitrogens is 1. The lowest BCUT2D eigenvalue weighted by molar-refractivity contribution is 0.0730. The number of sulfonamides is 1. The van der Waals surface area contributed by atoms with Crippen molar-refractivity contribution in [3.8, 4) is 0 Å². The van der Waals surface area contributed by atoms with E-state index in [0.717, 1.165) is 11.3 Å². The summed E-state index contributed by atoms with van der Waals surface area (Å²) < 4.78 is 32.7. The van der Waals surface area contributed by atoms with Gasteiger partial charge in [0, 0.05) is 37.1 Å². The van der Waals surface area contributed by atoms with Crippen LogP contribution in [0.25, 0.3) is 0 Å². The Kier molecular flexibility index (Phi) is 7.15. The van der Waals surface area contributed by atoms with Crippen LogP contribution in [0.4, 0.5) is 9.93 Å². The van der Waals surface area contributed by atoms with Gasteiger partial charge in [0.1, 0.15) is 0 Å². The number of nitrogens with one attached hydrogen (secondary N) is 2. The molecular formula is C22H24N4O4S2. The lowest BCUT2D eigenvalue weighted by Gasteiger charge is -2.27. The van der Waals surface area contributed by atoms with Gasteiger partial charge in [0.05, 0.1) is 18.1 Å². The maximum absolute atomic E-state index is 13.0. The summed E-state index contributed by atoms with van der Waals surface area (Å²) in [5.41, 5.74) is 1.70. The second-order valence-corrected chi connectivity index (χ2v) is 10.2. The zero-order valence-corrected chi connectivity index (χ0v) is 19.0. The summed E-state index contributed by atoms with van der Waals surface area (Å²) >= 11 is 1.41. The fourth-order valence-corrected chi connectivity index (χ4v) is 5.86. The molecule has 0 aliphatic carbocycles. The fourth-order valence-electron chi connectivity index (χ4n) is 3.39. The number of ether oxygens (including phenoxy) is 1. The third-order valence-corrected chi connectivity index (χ3v) is 7.91. The van der Waals surface area contributed by atoms with E-state index in [1.165, 1.54) is 21.2 Å². The van der Waals surface area contributed by atoms with Crippen LogP contribution in [0.3, 0.4) is 0 Å². The summed E-state index contributed by atoms with van der Waals surface area (Å²) in [5.74, 6) is 0. The van der Waals surface area contributed by atoms with Crippen molar-refractivity contribution in [1.29, 1.82) is 0 Å². The van der Waals surface area contributed by atoms with Gasteiger partial charge in [0.2, 0.25) is 10.0 Å². The maximum atomic E-state index is 13.0. The predicted molar refractivity (Wildman–Crippen MR) is 123 cm³/mol. The van der Waals surface area contributed by atoms with E-state index in [2.05, 4.69) is 15.6 Å². The van der Waals surface area contributed by atoms with Gasteiger partial charge in [0.25, 0.3) is 0 Å². The number of urea groups is 1. The predicted octanol–water partition coefficient (Wildman–Crippen LogP) is 3.08. The second kappa shape index (κ2) is 10.2. The molecule has 1 aromatic heterocycles. The first-order valence-electron chi connectivity index (χ1n) is 10.2. The molecule has 2 aromatic carbocycles. The molecule has 0 radical (unpaired) electrons. The Balaban J connectivity index is 1.37. The van der Waals surface area contributed by atoms with Crippen LogP contribution in [-0.2, 0) is 27.7 Å². The molecular weight excluding hydrogens is 448 g/mol. The van der Waals surface area contributed by atoms with E-state index in [9.17, 15) is 13.2 Å². The summed E-state index contributed by atoms with van der Waals surface area (Å²) in [5, 5.41) is 5.94. The van der Waals surface area contributed by atoms with Crippen molar-refractivity contribution >= 4 is 32.5 Å². The van der Waals surface area contributed by atoms with E-state index in [1.807, 2.05) is 30.3 Å². The minimum Gasteiger partial charge on any atom is -0.379 e. The van der Waals surface area contributed by atoms with Crippen molar-refractivity contribution in [3.05, 3.63) is 76.8 Å². The third kappa shape index (κ3) is 5.52. The Morgan fingerprint density at radius 2 is 1.78 bits per heavy atom. The Hall–Kier alpha value is -2.79. The van der Waals surface area contributed by atoms with Crippen molar-refractivity contribution in [2.75, 3.05) is 31.6 Å². The molecule has 0 atom stereocenters. The van der Waals surface area contributed by atoms with E-state index in [0.29, 0.717) is 37.0 Å². The lowest BCUT2D eigenvalue weighted by atomic mass is 10.1. The Labute approximate surface area is 191 Å². The van der Waals surface area contributed by atoms with Crippen LogP contribution in [-0.4, -0.2) is 50.0 Å². The first-order valence-corrected chi connectivity index (χ1v) is 12.5. The fraction of sp³-hybridized carbons (Fsp3) is 0.273. The Morgan fingerprint density at radius 1 is 1.06 bits per heavy atom. The average molecular weight is 473 g/mol. The summed E-state index contributed by atoms with van der Waals surface area (Å²) in [6.07, 6.45) is 2.49. The molecule has 2 N–H and O–H groups in total. The van der Waals surface area contributed by atoms with Gasteiger partial charge in [0.15, 0.2) is 5.13 Å². The zero-order valence-electron chi connectivity index (χ0n) is 17.4. The number of amides is 2. The summed E-state index contributed by atoms with van der Waals surface area (Å²) in [6, 6.07) is 16.3. The number of hydrogen-bond acceptors (Lipinski definition) is 6. The van der Waals surface area contributed by atoms with Gasteiger partial charge in [-0.25, -0.2) is 18.2 Å². The van der Waals surface area contributed by atoms with Crippen LogP contribution in [0, 0.1) is 0 Å². The lowest BCUT2D eigenvalue weighted by Crippen LogP contribution is -2.41. The highest BCUT2D eigenvalue weighted by Gasteiger charge is 2.28. The molecule has 0 saturated carbocycles. The van der Waals surface area contributed by atoms with Crippen LogP contribution < -0.4 is 10.6 Å². The van der Waals surface area contributed by atoms with Gasteiger partial charge in [-0.15, -0.1) is 11.3 Å². The van der Waals surface area contributed by atoms with E-state index >= 15 is 0 Å². The molecule has 1 aliphatic rings. The largest absolute Gasteiger partial charge is 0.379 e. The molecule has 3 aromatic rings. The number of anilines is 1. The number of carbonyl (C=O) groups is 1. The number of benzene rings is 2. The highest BCUT2D eigenvalue weighted by Crippen LogP contribution is 2.22. The summed E-state index contributed by atoms with van der Waals surface area (Å²) in [4.78, 5) is 17.9. The molecule has 0 unspecified atom stereocenters. The monoisotopic (exact) mass is 472 g/mol. The first kappa shape index (κ1) is 22.4. The van der Waals surface area contributed by atoms with Gasteiger partial charge >= 0.3 is 6.03 Å². The molecule has 0 spiro atoms. The molecule has 1 aliphatic heterocycles. The maximum Gasteiger partial charge on any atom is 0.321 e. The van der Waals surface area contributed by atoms with Gasteiger partial charge in [-0.1, -0.05) is 48.5 Å². The molecule has 1 saturated heterocycles. The summed E-state index contributed by atoms with van der Waals surface area (Å²) in [6.45, 7) is 1.47. The van der Waals surface area contributed by atoms with Gasteiger partial charge < -0.3 is 10.1 Å². The first-order chi connectivity index (χ1) is 15.5. The zero-order chi connectivity index (χ0) is 22.4. The normalized spacial score (nSPS) is 14.8. The minimum absolute atomic E-state index is 0.0772. The SMILES string of the molecule is O=C(NCc1ccccc1S(=O)(=O)N1CCOCC1)Nc1ncc(Cc2ccccc2)s1.